The number of aliphatic carboxylic acids is 1. The van der Waals surface area contributed by atoms with Gasteiger partial charge in [0.1, 0.15) is 0 Å². The van der Waals surface area contributed by atoms with Crippen LogP contribution in [-0.2, 0) is 4.79 Å². The summed E-state index contributed by atoms with van der Waals surface area (Å²) < 4.78 is 0.983. The predicted molar refractivity (Wildman–Crippen MR) is 56.1 cm³/mol. The van der Waals surface area contributed by atoms with Gasteiger partial charge >= 0.3 is 5.97 Å². The summed E-state index contributed by atoms with van der Waals surface area (Å²) in [7, 11) is 0. The number of carbonyl (C=O) groups is 1. The van der Waals surface area contributed by atoms with Gasteiger partial charge in [0.2, 0.25) is 0 Å². The van der Waals surface area contributed by atoms with Gasteiger partial charge in [-0.1, -0.05) is 0 Å². The van der Waals surface area contributed by atoms with E-state index in [1.54, 1.807) is 0 Å². The van der Waals surface area contributed by atoms with Crippen molar-refractivity contribution in [3.63, 3.8) is 0 Å². The van der Waals surface area contributed by atoms with E-state index in [-0.39, 0.29) is 12.3 Å². The largest absolute Gasteiger partial charge is 0.481 e. The van der Waals surface area contributed by atoms with Crippen LogP contribution < -0.4 is 5.73 Å². The minimum absolute atomic E-state index is 0.0613. The first-order chi connectivity index (χ1) is 6.13. The number of hydrogen-bond donors (Lipinski definition) is 2. The average molecular weight is 264 g/mol. The second-order valence-corrected chi connectivity index (χ2v) is 4.56. The number of hydrogen-bond acceptors (Lipinski definition) is 3. The summed E-state index contributed by atoms with van der Waals surface area (Å²) in [4.78, 5) is 11.5. The van der Waals surface area contributed by atoms with E-state index < -0.39 is 5.97 Å². The van der Waals surface area contributed by atoms with Gasteiger partial charge in [-0.15, -0.1) is 11.3 Å². The van der Waals surface area contributed by atoms with Gasteiger partial charge in [-0.3, -0.25) is 4.79 Å². The van der Waals surface area contributed by atoms with Crippen molar-refractivity contribution in [3.05, 3.63) is 20.8 Å². The summed E-state index contributed by atoms with van der Waals surface area (Å²) >= 11 is 4.85. The highest BCUT2D eigenvalue weighted by molar-refractivity contribution is 9.10. The molecule has 1 aromatic rings. The van der Waals surface area contributed by atoms with Crippen molar-refractivity contribution in [3.8, 4) is 0 Å². The van der Waals surface area contributed by atoms with Crippen molar-refractivity contribution in [1.82, 2.24) is 0 Å². The maximum Gasteiger partial charge on any atom is 0.304 e. The van der Waals surface area contributed by atoms with E-state index in [9.17, 15) is 4.79 Å². The van der Waals surface area contributed by atoms with Gasteiger partial charge < -0.3 is 10.8 Å². The Hall–Kier alpha value is -0.390. The molecule has 1 rings (SSSR count). The molecule has 0 fully saturated rings. The molecular formula is C8H10BrNO2S. The summed E-state index contributed by atoms with van der Waals surface area (Å²) in [6, 6.07) is 1.92. The van der Waals surface area contributed by atoms with E-state index in [2.05, 4.69) is 15.9 Å². The second-order valence-electron chi connectivity index (χ2n) is 2.70. The van der Waals surface area contributed by atoms with Crippen molar-refractivity contribution < 1.29 is 9.90 Å². The van der Waals surface area contributed by atoms with Crippen molar-refractivity contribution in [1.29, 1.82) is 0 Å². The maximum absolute atomic E-state index is 10.5. The van der Waals surface area contributed by atoms with E-state index >= 15 is 0 Å². The number of rotatable bonds is 4. The first-order valence-electron chi connectivity index (χ1n) is 3.79. The van der Waals surface area contributed by atoms with Gasteiger partial charge in [-0.2, -0.15) is 0 Å². The molecule has 5 heteroatoms. The molecule has 0 aliphatic carbocycles. The fourth-order valence-corrected chi connectivity index (χ4v) is 2.62. The zero-order valence-electron chi connectivity index (χ0n) is 6.87. The monoisotopic (exact) mass is 263 g/mol. The predicted octanol–water partition coefficient (Wildman–Crippen LogP) is 2.03. The van der Waals surface area contributed by atoms with Gasteiger partial charge in [0.05, 0.1) is 6.42 Å². The lowest BCUT2D eigenvalue weighted by molar-refractivity contribution is -0.137. The maximum atomic E-state index is 10.5. The van der Waals surface area contributed by atoms with E-state index in [4.69, 9.17) is 10.8 Å². The van der Waals surface area contributed by atoms with Crippen LogP contribution >= 0.6 is 27.3 Å². The van der Waals surface area contributed by atoms with Crippen LogP contribution in [0.2, 0.25) is 0 Å². The van der Waals surface area contributed by atoms with Crippen molar-refractivity contribution >= 4 is 33.2 Å². The molecule has 0 aromatic carbocycles. The van der Waals surface area contributed by atoms with Gasteiger partial charge in [0.25, 0.3) is 0 Å². The molecule has 0 saturated carbocycles. The minimum Gasteiger partial charge on any atom is -0.481 e. The smallest absolute Gasteiger partial charge is 0.304 e. The Morgan fingerprint density at radius 1 is 1.77 bits per heavy atom. The number of carboxylic acid groups (broad SMARTS) is 1. The lowest BCUT2D eigenvalue weighted by atomic mass is 10.0. The quantitative estimate of drug-likeness (QED) is 0.874. The first-order valence-corrected chi connectivity index (χ1v) is 5.46. The highest BCUT2D eigenvalue weighted by Crippen LogP contribution is 2.28. The van der Waals surface area contributed by atoms with E-state index in [0.717, 1.165) is 9.35 Å². The average Bonchev–Trinajstić information content (AvgIpc) is 2.47. The summed E-state index contributed by atoms with van der Waals surface area (Å²) in [5.41, 5.74) is 5.49. The third kappa shape index (κ3) is 3.10. The zero-order chi connectivity index (χ0) is 9.84. The molecule has 13 heavy (non-hydrogen) atoms. The minimum atomic E-state index is -0.806. The van der Waals surface area contributed by atoms with E-state index in [1.807, 2.05) is 11.4 Å². The van der Waals surface area contributed by atoms with Crippen LogP contribution in [0.15, 0.2) is 15.9 Å². The highest BCUT2D eigenvalue weighted by Gasteiger charge is 2.15. The molecule has 0 aliphatic heterocycles. The van der Waals surface area contributed by atoms with Crippen molar-refractivity contribution in [2.45, 2.75) is 12.3 Å². The van der Waals surface area contributed by atoms with Crippen LogP contribution in [0, 0.1) is 0 Å². The van der Waals surface area contributed by atoms with Crippen LogP contribution in [0.3, 0.4) is 0 Å². The Balaban J connectivity index is 2.72. The van der Waals surface area contributed by atoms with Crippen molar-refractivity contribution in [2.75, 3.05) is 6.54 Å². The molecule has 3 N–H and O–H groups in total. The number of nitrogens with two attached hydrogens (primary N) is 1. The van der Waals surface area contributed by atoms with E-state index in [1.165, 1.54) is 11.3 Å². The van der Waals surface area contributed by atoms with Gasteiger partial charge in [-0.05, 0) is 22.0 Å². The molecule has 1 aromatic heterocycles. The summed E-state index contributed by atoms with van der Waals surface area (Å²) in [5, 5.41) is 10.6. The van der Waals surface area contributed by atoms with E-state index in [0.29, 0.717) is 6.54 Å². The summed E-state index contributed by atoms with van der Waals surface area (Å²) in [6.07, 6.45) is 0.101. The van der Waals surface area contributed by atoms with Crippen LogP contribution in [0.25, 0.3) is 0 Å². The molecule has 3 nitrogen and oxygen atoms in total. The third-order valence-corrected chi connectivity index (χ3v) is 3.55. The van der Waals surface area contributed by atoms with Crippen LogP contribution in [0.4, 0.5) is 0 Å². The standard InChI is InChI=1S/C8H10BrNO2S/c9-6-2-7(13-4-6)5(3-10)1-8(11)12/h2,4-5H,1,3,10H2,(H,11,12)/t5-/m1/s1. The highest BCUT2D eigenvalue weighted by atomic mass is 79.9. The molecule has 0 unspecified atom stereocenters. The number of carboxylic acids is 1. The Morgan fingerprint density at radius 3 is 2.85 bits per heavy atom. The molecule has 0 spiro atoms. The van der Waals surface area contributed by atoms with Crippen molar-refractivity contribution in [2.24, 2.45) is 5.73 Å². The Kier molecular flexibility index (Phi) is 3.90. The molecule has 0 aliphatic rings. The van der Waals surface area contributed by atoms with Gasteiger partial charge in [-0.25, -0.2) is 0 Å². The Labute approximate surface area is 88.7 Å². The van der Waals surface area contributed by atoms with Gasteiger partial charge in [0, 0.05) is 27.2 Å². The molecule has 1 heterocycles. The number of thiophene rings is 1. The fraction of sp³-hybridized carbons (Fsp3) is 0.375. The molecule has 0 radical (unpaired) electrons. The lowest BCUT2D eigenvalue weighted by Gasteiger charge is -2.08. The first kappa shape index (κ1) is 10.7. The normalized spacial score (nSPS) is 12.8. The fourth-order valence-electron chi connectivity index (χ4n) is 1.05. The Bertz CT molecular complexity index is 300. The lowest BCUT2D eigenvalue weighted by Crippen LogP contribution is -2.15. The topological polar surface area (TPSA) is 63.3 Å². The molecular weight excluding hydrogens is 254 g/mol. The molecule has 0 saturated heterocycles. The third-order valence-electron chi connectivity index (χ3n) is 1.70. The summed E-state index contributed by atoms with van der Waals surface area (Å²) in [6.45, 7) is 0.374. The second kappa shape index (κ2) is 4.74. The Morgan fingerprint density at radius 2 is 2.46 bits per heavy atom. The molecule has 1 atom stereocenters. The SMILES string of the molecule is NC[C@@H](CC(=O)O)c1cc(Br)cs1. The zero-order valence-corrected chi connectivity index (χ0v) is 9.27. The molecule has 0 amide bonds. The van der Waals surface area contributed by atoms with Crippen LogP contribution in [0.1, 0.15) is 17.2 Å². The van der Waals surface area contributed by atoms with Gasteiger partial charge in [0.15, 0.2) is 0 Å². The van der Waals surface area contributed by atoms with Crippen LogP contribution in [0.5, 0.6) is 0 Å². The molecule has 0 bridgehead atoms. The molecule has 72 valence electrons. The number of halogens is 1. The summed E-state index contributed by atoms with van der Waals surface area (Å²) in [5.74, 6) is -0.867. The van der Waals surface area contributed by atoms with Crippen LogP contribution in [-0.4, -0.2) is 17.6 Å².